The van der Waals surface area contributed by atoms with Crippen LogP contribution < -0.4 is 10.5 Å². The summed E-state index contributed by atoms with van der Waals surface area (Å²) in [4.78, 5) is 16.8. The van der Waals surface area contributed by atoms with Gasteiger partial charge in [-0.1, -0.05) is 6.92 Å². The van der Waals surface area contributed by atoms with Gasteiger partial charge in [0, 0.05) is 23.7 Å². The molecule has 1 heterocycles. The van der Waals surface area contributed by atoms with Crippen molar-refractivity contribution in [1.29, 1.82) is 0 Å². The zero-order valence-corrected chi connectivity index (χ0v) is 11.9. The third-order valence-corrected chi connectivity index (χ3v) is 4.75. The minimum atomic E-state index is -0.0167. The molecule has 20 heavy (non-hydrogen) atoms. The van der Waals surface area contributed by atoms with Crippen LogP contribution in [0.2, 0.25) is 0 Å². The van der Waals surface area contributed by atoms with Crippen LogP contribution in [0.15, 0.2) is 18.5 Å². The van der Waals surface area contributed by atoms with E-state index in [1.165, 1.54) is 6.42 Å². The van der Waals surface area contributed by atoms with Crippen molar-refractivity contribution in [3.8, 4) is 5.75 Å². The number of hydrogen-bond donors (Lipinski definition) is 1. The van der Waals surface area contributed by atoms with Gasteiger partial charge in [-0.15, -0.1) is 0 Å². The molecule has 0 aromatic carbocycles. The van der Waals surface area contributed by atoms with E-state index >= 15 is 0 Å². The molecule has 2 saturated carbocycles. The van der Waals surface area contributed by atoms with Crippen molar-refractivity contribution < 1.29 is 9.53 Å². The molecule has 4 heteroatoms. The van der Waals surface area contributed by atoms with Crippen LogP contribution in [0.5, 0.6) is 5.75 Å². The maximum absolute atomic E-state index is 12.7. The molecule has 108 valence electrons. The van der Waals surface area contributed by atoms with Crippen LogP contribution in [0.4, 0.5) is 0 Å². The summed E-state index contributed by atoms with van der Waals surface area (Å²) < 4.78 is 5.55. The highest BCUT2D eigenvalue weighted by atomic mass is 16.5. The van der Waals surface area contributed by atoms with Crippen molar-refractivity contribution in [2.24, 2.45) is 23.5 Å². The highest BCUT2D eigenvalue weighted by Crippen LogP contribution is 2.48. The number of aromatic nitrogens is 1. The number of carbonyl (C=O) groups is 1. The number of Topliss-reactive ketones (excluding diaryl/α,β-unsaturated/α-hetero) is 1. The Balaban J connectivity index is 1.77. The summed E-state index contributed by atoms with van der Waals surface area (Å²) in [5.74, 6) is 1.83. The van der Waals surface area contributed by atoms with E-state index in [2.05, 4.69) is 11.9 Å². The quantitative estimate of drug-likeness (QED) is 0.837. The maximum atomic E-state index is 12.7. The lowest BCUT2D eigenvalue weighted by molar-refractivity contribution is 0.0855. The van der Waals surface area contributed by atoms with E-state index in [9.17, 15) is 4.79 Å². The van der Waals surface area contributed by atoms with Gasteiger partial charge in [0.1, 0.15) is 5.75 Å². The van der Waals surface area contributed by atoms with Gasteiger partial charge in [0.15, 0.2) is 5.78 Å². The Bertz CT molecular complexity index is 501. The average Bonchev–Trinajstić information content (AvgIpc) is 3.05. The molecule has 0 aliphatic heterocycles. The molecule has 1 aromatic heterocycles. The van der Waals surface area contributed by atoms with Gasteiger partial charge in [0.25, 0.3) is 0 Å². The summed E-state index contributed by atoms with van der Waals surface area (Å²) >= 11 is 0. The van der Waals surface area contributed by atoms with Crippen LogP contribution >= 0.6 is 0 Å². The van der Waals surface area contributed by atoms with Crippen LogP contribution in [-0.4, -0.2) is 23.4 Å². The predicted octanol–water partition coefficient (Wildman–Crippen LogP) is 2.43. The van der Waals surface area contributed by atoms with E-state index in [0.717, 1.165) is 19.3 Å². The molecule has 2 bridgehead atoms. The van der Waals surface area contributed by atoms with E-state index in [1.807, 2.05) is 6.07 Å². The van der Waals surface area contributed by atoms with Crippen LogP contribution in [0.1, 0.15) is 43.0 Å². The number of carbonyl (C=O) groups excluding carboxylic acids is 1. The molecular weight excluding hydrogens is 252 g/mol. The third-order valence-electron chi connectivity index (χ3n) is 4.75. The highest BCUT2D eigenvalue weighted by Gasteiger charge is 2.49. The van der Waals surface area contributed by atoms with Gasteiger partial charge in [-0.2, -0.15) is 0 Å². The molecule has 0 radical (unpaired) electrons. The van der Waals surface area contributed by atoms with Crippen molar-refractivity contribution >= 4 is 5.78 Å². The van der Waals surface area contributed by atoms with Crippen molar-refractivity contribution in [2.75, 3.05) is 6.61 Å². The Hall–Kier alpha value is -1.42. The second-order valence-corrected chi connectivity index (χ2v) is 6.06. The summed E-state index contributed by atoms with van der Waals surface area (Å²) in [5.41, 5.74) is 6.89. The number of nitrogens with zero attached hydrogens (tertiary/aromatic N) is 1. The first-order valence-electron chi connectivity index (χ1n) is 7.58. The first-order valence-corrected chi connectivity index (χ1v) is 7.58. The second kappa shape index (κ2) is 5.52. The topological polar surface area (TPSA) is 65.2 Å². The standard InChI is InChI=1S/C16H22N2O2/c1-2-5-20-13-7-12(8-18-9-13)16(19)14-10-3-4-11(6-10)15(14)17/h7-11,14-15H,2-6,17H2,1H3. The molecule has 0 spiro atoms. The SMILES string of the molecule is CCCOc1cncc(C(=O)C2C3CCC(C3)C2N)c1. The van der Waals surface area contributed by atoms with E-state index in [4.69, 9.17) is 10.5 Å². The summed E-state index contributed by atoms with van der Waals surface area (Å²) in [7, 11) is 0. The third kappa shape index (κ3) is 2.33. The van der Waals surface area contributed by atoms with Crippen LogP contribution in [0, 0.1) is 17.8 Å². The van der Waals surface area contributed by atoms with Gasteiger partial charge < -0.3 is 10.5 Å². The van der Waals surface area contributed by atoms with Crippen molar-refractivity contribution in [3.63, 3.8) is 0 Å². The van der Waals surface area contributed by atoms with Crippen LogP contribution in [0.3, 0.4) is 0 Å². The fourth-order valence-corrected chi connectivity index (χ4v) is 3.77. The van der Waals surface area contributed by atoms with Gasteiger partial charge in [-0.05, 0) is 43.6 Å². The molecule has 2 aliphatic rings. The van der Waals surface area contributed by atoms with Gasteiger partial charge in [-0.3, -0.25) is 9.78 Å². The van der Waals surface area contributed by atoms with Gasteiger partial charge >= 0.3 is 0 Å². The average molecular weight is 274 g/mol. The number of pyridine rings is 1. The zero-order chi connectivity index (χ0) is 14.1. The normalized spacial score (nSPS) is 31.5. The minimum absolute atomic E-state index is 0.0167. The van der Waals surface area contributed by atoms with Gasteiger partial charge in [-0.25, -0.2) is 0 Å². The zero-order valence-electron chi connectivity index (χ0n) is 11.9. The summed E-state index contributed by atoms with van der Waals surface area (Å²) in [6, 6.07) is 1.84. The fourth-order valence-electron chi connectivity index (χ4n) is 3.77. The van der Waals surface area contributed by atoms with E-state index in [0.29, 0.717) is 29.8 Å². The lowest BCUT2D eigenvalue weighted by atomic mass is 9.80. The highest BCUT2D eigenvalue weighted by molar-refractivity contribution is 5.98. The van der Waals surface area contributed by atoms with E-state index in [-0.39, 0.29) is 17.7 Å². The first kappa shape index (κ1) is 13.6. The Morgan fingerprint density at radius 3 is 2.90 bits per heavy atom. The molecular formula is C16H22N2O2. The number of ketones is 1. The number of rotatable bonds is 5. The molecule has 4 atom stereocenters. The Labute approximate surface area is 119 Å². The smallest absolute Gasteiger partial charge is 0.169 e. The summed E-state index contributed by atoms with van der Waals surface area (Å²) in [6.45, 7) is 2.70. The fraction of sp³-hybridized carbons (Fsp3) is 0.625. The van der Waals surface area contributed by atoms with Crippen molar-refractivity contribution in [2.45, 2.75) is 38.6 Å². The maximum Gasteiger partial charge on any atom is 0.169 e. The molecule has 4 nitrogen and oxygen atoms in total. The molecule has 2 fully saturated rings. The lowest BCUT2D eigenvalue weighted by Gasteiger charge is -2.26. The van der Waals surface area contributed by atoms with E-state index in [1.54, 1.807) is 12.4 Å². The molecule has 0 amide bonds. The Morgan fingerprint density at radius 2 is 2.20 bits per heavy atom. The molecule has 1 aromatic rings. The second-order valence-electron chi connectivity index (χ2n) is 6.06. The number of hydrogen-bond acceptors (Lipinski definition) is 4. The minimum Gasteiger partial charge on any atom is -0.492 e. The largest absolute Gasteiger partial charge is 0.492 e. The van der Waals surface area contributed by atoms with E-state index < -0.39 is 0 Å². The Morgan fingerprint density at radius 1 is 1.40 bits per heavy atom. The van der Waals surface area contributed by atoms with Crippen molar-refractivity contribution in [1.82, 2.24) is 4.98 Å². The number of nitrogens with two attached hydrogens (primary N) is 1. The first-order chi connectivity index (χ1) is 9.70. The molecule has 2 N–H and O–H groups in total. The van der Waals surface area contributed by atoms with Crippen molar-refractivity contribution in [3.05, 3.63) is 24.0 Å². The predicted molar refractivity (Wildman–Crippen MR) is 76.6 cm³/mol. The molecule has 3 rings (SSSR count). The number of ether oxygens (including phenoxy) is 1. The summed E-state index contributed by atoms with van der Waals surface area (Å²) in [6.07, 6.45) is 7.70. The van der Waals surface area contributed by atoms with Gasteiger partial charge in [0.05, 0.1) is 12.8 Å². The molecule has 4 unspecified atom stereocenters. The summed E-state index contributed by atoms with van der Waals surface area (Å²) in [5, 5.41) is 0. The lowest BCUT2D eigenvalue weighted by Crippen LogP contribution is -2.40. The molecule has 0 saturated heterocycles. The Kier molecular flexibility index (Phi) is 3.74. The van der Waals surface area contributed by atoms with Crippen LogP contribution in [-0.2, 0) is 0 Å². The monoisotopic (exact) mass is 274 g/mol. The van der Waals surface area contributed by atoms with Crippen LogP contribution in [0.25, 0.3) is 0 Å². The number of fused-ring (bicyclic) bond motifs is 2. The van der Waals surface area contributed by atoms with Gasteiger partial charge in [0.2, 0.25) is 0 Å². The molecule has 2 aliphatic carbocycles.